The molecule has 0 heterocycles. The standard InChI is InChI=1S/C12H15ClO/c1-4-8(2)12(14)11-6-5-10(13)7-9(11)3/h5-8H,4H2,1-3H3. The molecule has 0 amide bonds. The number of ketones is 1. The lowest BCUT2D eigenvalue weighted by Gasteiger charge is -2.09. The van der Waals surface area contributed by atoms with Gasteiger partial charge < -0.3 is 0 Å². The van der Waals surface area contributed by atoms with E-state index in [9.17, 15) is 4.79 Å². The van der Waals surface area contributed by atoms with E-state index in [0.29, 0.717) is 5.02 Å². The van der Waals surface area contributed by atoms with E-state index in [0.717, 1.165) is 17.5 Å². The van der Waals surface area contributed by atoms with E-state index in [-0.39, 0.29) is 11.7 Å². The van der Waals surface area contributed by atoms with Crippen LogP contribution < -0.4 is 0 Å². The van der Waals surface area contributed by atoms with Crippen molar-refractivity contribution in [3.63, 3.8) is 0 Å². The quantitative estimate of drug-likeness (QED) is 0.692. The van der Waals surface area contributed by atoms with Crippen LogP contribution in [0.25, 0.3) is 0 Å². The zero-order valence-corrected chi connectivity index (χ0v) is 9.56. The molecule has 1 unspecified atom stereocenters. The molecule has 1 aromatic rings. The zero-order chi connectivity index (χ0) is 10.7. The van der Waals surface area contributed by atoms with Crippen molar-refractivity contribution in [2.24, 2.45) is 5.92 Å². The molecule has 0 aliphatic carbocycles. The molecule has 0 aromatic heterocycles. The number of benzene rings is 1. The van der Waals surface area contributed by atoms with Crippen molar-refractivity contribution in [1.29, 1.82) is 0 Å². The minimum absolute atomic E-state index is 0.0925. The summed E-state index contributed by atoms with van der Waals surface area (Å²) in [6.45, 7) is 5.89. The van der Waals surface area contributed by atoms with Gasteiger partial charge in [0.25, 0.3) is 0 Å². The Morgan fingerprint density at radius 1 is 1.50 bits per heavy atom. The van der Waals surface area contributed by atoms with Gasteiger partial charge in [-0.25, -0.2) is 0 Å². The summed E-state index contributed by atoms with van der Waals surface area (Å²) in [6.07, 6.45) is 0.876. The first-order valence-corrected chi connectivity index (χ1v) is 5.24. The Hall–Kier alpha value is -0.820. The largest absolute Gasteiger partial charge is 0.294 e. The van der Waals surface area contributed by atoms with Crippen LogP contribution in [0.4, 0.5) is 0 Å². The molecule has 0 fully saturated rings. The molecule has 0 radical (unpaired) electrons. The van der Waals surface area contributed by atoms with Gasteiger partial charge in [-0.15, -0.1) is 0 Å². The molecule has 76 valence electrons. The van der Waals surface area contributed by atoms with Gasteiger partial charge in [0, 0.05) is 16.5 Å². The number of aryl methyl sites for hydroxylation is 1. The van der Waals surface area contributed by atoms with E-state index >= 15 is 0 Å². The van der Waals surface area contributed by atoms with E-state index in [1.807, 2.05) is 32.9 Å². The van der Waals surface area contributed by atoms with E-state index < -0.39 is 0 Å². The van der Waals surface area contributed by atoms with Gasteiger partial charge in [-0.2, -0.15) is 0 Å². The van der Waals surface area contributed by atoms with Gasteiger partial charge in [0.15, 0.2) is 5.78 Å². The van der Waals surface area contributed by atoms with Crippen LogP contribution in [0.5, 0.6) is 0 Å². The van der Waals surface area contributed by atoms with E-state index in [2.05, 4.69) is 0 Å². The molecule has 14 heavy (non-hydrogen) atoms. The molecule has 0 saturated heterocycles. The second-order valence-corrected chi connectivity index (χ2v) is 4.07. The van der Waals surface area contributed by atoms with Crippen LogP contribution in [-0.2, 0) is 0 Å². The van der Waals surface area contributed by atoms with Gasteiger partial charge in [-0.1, -0.05) is 25.4 Å². The molecule has 0 aliphatic heterocycles. The normalized spacial score (nSPS) is 12.6. The summed E-state index contributed by atoms with van der Waals surface area (Å²) >= 11 is 5.82. The van der Waals surface area contributed by atoms with Gasteiger partial charge in [0.2, 0.25) is 0 Å². The molecule has 1 rings (SSSR count). The first-order valence-electron chi connectivity index (χ1n) is 4.86. The lowest BCUT2D eigenvalue weighted by Crippen LogP contribution is -2.11. The lowest BCUT2D eigenvalue weighted by atomic mass is 9.94. The summed E-state index contributed by atoms with van der Waals surface area (Å²) in [5.74, 6) is 0.302. The maximum Gasteiger partial charge on any atom is 0.165 e. The molecule has 1 atom stereocenters. The van der Waals surface area contributed by atoms with E-state index in [1.165, 1.54) is 0 Å². The third-order valence-corrected chi connectivity index (χ3v) is 2.75. The second-order valence-electron chi connectivity index (χ2n) is 3.63. The number of halogens is 1. The smallest absolute Gasteiger partial charge is 0.165 e. The van der Waals surface area contributed by atoms with Gasteiger partial charge in [-0.05, 0) is 37.1 Å². The highest BCUT2D eigenvalue weighted by Gasteiger charge is 2.14. The van der Waals surface area contributed by atoms with Gasteiger partial charge in [0.05, 0.1) is 0 Å². The van der Waals surface area contributed by atoms with Crippen molar-refractivity contribution in [2.75, 3.05) is 0 Å². The molecule has 1 nitrogen and oxygen atoms in total. The van der Waals surface area contributed by atoms with Crippen molar-refractivity contribution in [1.82, 2.24) is 0 Å². The SMILES string of the molecule is CCC(C)C(=O)c1ccc(Cl)cc1C. The van der Waals surface area contributed by atoms with Crippen molar-refractivity contribution in [3.8, 4) is 0 Å². The van der Waals surface area contributed by atoms with Crippen LogP contribution in [-0.4, -0.2) is 5.78 Å². The van der Waals surface area contributed by atoms with Crippen LogP contribution in [0.15, 0.2) is 18.2 Å². The Labute approximate surface area is 90.1 Å². The van der Waals surface area contributed by atoms with Crippen molar-refractivity contribution < 1.29 is 4.79 Å². The molecule has 0 aliphatic rings. The number of carbonyl (C=O) groups excluding carboxylic acids is 1. The van der Waals surface area contributed by atoms with Crippen LogP contribution >= 0.6 is 11.6 Å². The maximum atomic E-state index is 11.9. The van der Waals surface area contributed by atoms with Crippen LogP contribution in [0.2, 0.25) is 5.02 Å². The predicted molar refractivity (Wildman–Crippen MR) is 60.0 cm³/mol. The van der Waals surface area contributed by atoms with Crippen LogP contribution in [0.3, 0.4) is 0 Å². The fraction of sp³-hybridized carbons (Fsp3) is 0.417. The molecular formula is C12H15ClO. The van der Waals surface area contributed by atoms with Gasteiger partial charge >= 0.3 is 0 Å². The Morgan fingerprint density at radius 3 is 2.64 bits per heavy atom. The fourth-order valence-corrected chi connectivity index (χ4v) is 1.58. The Kier molecular flexibility index (Phi) is 3.70. The molecule has 0 bridgehead atoms. The monoisotopic (exact) mass is 210 g/mol. The fourth-order valence-electron chi connectivity index (χ4n) is 1.35. The van der Waals surface area contributed by atoms with Crippen molar-refractivity contribution in [2.45, 2.75) is 27.2 Å². The van der Waals surface area contributed by atoms with E-state index in [4.69, 9.17) is 11.6 Å². The molecule has 0 spiro atoms. The predicted octanol–water partition coefficient (Wildman–Crippen LogP) is 3.88. The molecule has 1 aromatic carbocycles. The minimum Gasteiger partial charge on any atom is -0.294 e. The lowest BCUT2D eigenvalue weighted by molar-refractivity contribution is 0.0926. The third kappa shape index (κ3) is 2.36. The van der Waals surface area contributed by atoms with Crippen molar-refractivity contribution >= 4 is 17.4 Å². The van der Waals surface area contributed by atoms with Crippen molar-refractivity contribution in [3.05, 3.63) is 34.3 Å². The Bertz CT molecular complexity index is 344. The number of hydrogen-bond acceptors (Lipinski definition) is 1. The number of Topliss-reactive ketones (excluding diaryl/α,β-unsaturated/α-hetero) is 1. The first kappa shape index (κ1) is 11.3. The van der Waals surface area contributed by atoms with Crippen LogP contribution in [0, 0.1) is 12.8 Å². The highest BCUT2D eigenvalue weighted by molar-refractivity contribution is 6.30. The van der Waals surface area contributed by atoms with E-state index in [1.54, 1.807) is 6.07 Å². The molecule has 0 saturated carbocycles. The summed E-state index contributed by atoms with van der Waals surface area (Å²) in [7, 11) is 0. The summed E-state index contributed by atoms with van der Waals surface area (Å²) in [4.78, 5) is 11.9. The second kappa shape index (κ2) is 4.61. The average molecular weight is 211 g/mol. The molecule has 2 heteroatoms. The number of carbonyl (C=O) groups is 1. The number of hydrogen-bond donors (Lipinski definition) is 0. The third-order valence-electron chi connectivity index (χ3n) is 2.51. The topological polar surface area (TPSA) is 17.1 Å². The molecular weight excluding hydrogens is 196 g/mol. The average Bonchev–Trinajstić information content (AvgIpc) is 2.15. The molecule has 0 N–H and O–H groups in total. The summed E-state index contributed by atoms with van der Waals surface area (Å²) in [6, 6.07) is 5.41. The Morgan fingerprint density at radius 2 is 2.14 bits per heavy atom. The highest BCUT2D eigenvalue weighted by atomic mass is 35.5. The van der Waals surface area contributed by atoms with Crippen LogP contribution in [0.1, 0.15) is 36.2 Å². The van der Waals surface area contributed by atoms with Gasteiger partial charge in [-0.3, -0.25) is 4.79 Å². The summed E-state index contributed by atoms with van der Waals surface area (Å²) < 4.78 is 0. The Balaban J connectivity index is 3.02. The highest BCUT2D eigenvalue weighted by Crippen LogP contribution is 2.19. The zero-order valence-electron chi connectivity index (χ0n) is 8.80. The summed E-state index contributed by atoms with van der Waals surface area (Å²) in [5, 5.41) is 0.684. The minimum atomic E-state index is 0.0925. The maximum absolute atomic E-state index is 11.9. The number of rotatable bonds is 3. The van der Waals surface area contributed by atoms with Gasteiger partial charge in [0.1, 0.15) is 0 Å². The first-order chi connectivity index (χ1) is 6.56. The summed E-state index contributed by atoms with van der Waals surface area (Å²) in [5.41, 5.74) is 1.76.